The van der Waals surface area contributed by atoms with Crippen LogP contribution in [0.3, 0.4) is 0 Å². The molecule has 1 amide bonds. The minimum atomic E-state index is -0.727. The number of H-pyrrole nitrogens is 1. The number of aryl methyl sites for hydroxylation is 1. The number of methoxy groups -OCH3 is 1. The lowest BCUT2D eigenvalue weighted by Crippen LogP contribution is -2.17. The number of ether oxygens (including phenoxy) is 1. The molecule has 0 spiro atoms. The standard InChI is InChI=1S/C19H18N4O5/c1-28-17-9-12(8-16(19(17)25)23(26)27)10-21-22-18(24)7-6-13-11-20-15-5-3-2-4-14(13)15/h2-5,8-11,20,25H,6-7H2,1H3,(H,22,24)/b21-10+. The predicted molar refractivity (Wildman–Crippen MR) is 104 cm³/mol. The lowest BCUT2D eigenvalue weighted by atomic mass is 10.1. The van der Waals surface area contributed by atoms with Gasteiger partial charge in [-0.15, -0.1) is 0 Å². The number of carbonyl (C=O) groups is 1. The molecule has 0 unspecified atom stereocenters. The van der Waals surface area contributed by atoms with E-state index in [9.17, 15) is 20.0 Å². The molecule has 9 nitrogen and oxygen atoms in total. The third-order valence-corrected chi connectivity index (χ3v) is 4.19. The van der Waals surface area contributed by atoms with Crippen LogP contribution in [0, 0.1) is 10.1 Å². The van der Waals surface area contributed by atoms with Gasteiger partial charge in [-0.3, -0.25) is 14.9 Å². The Hall–Kier alpha value is -3.88. The van der Waals surface area contributed by atoms with Crippen molar-refractivity contribution in [2.24, 2.45) is 5.10 Å². The molecule has 1 aromatic heterocycles. The topological polar surface area (TPSA) is 130 Å². The van der Waals surface area contributed by atoms with Gasteiger partial charge in [-0.25, -0.2) is 5.43 Å². The summed E-state index contributed by atoms with van der Waals surface area (Å²) in [5.74, 6) is -0.907. The summed E-state index contributed by atoms with van der Waals surface area (Å²) < 4.78 is 4.91. The Labute approximate surface area is 159 Å². The number of hydrogen-bond donors (Lipinski definition) is 3. The van der Waals surface area contributed by atoms with Gasteiger partial charge in [-0.05, 0) is 24.1 Å². The Bertz CT molecular complexity index is 1060. The van der Waals surface area contributed by atoms with Gasteiger partial charge in [0, 0.05) is 35.2 Å². The van der Waals surface area contributed by atoms with Crippen LogP contribution in [0.25, 0.3) is 10.9 Å². The predicted octanol–water partition coefficient (Wildman–Crippen LogP) is 2.87. The zero-order chi connectivity index (χ0) is 20.1. The summed E-state index contributed by atoms with van der Waals surface area (Å²) >= 11 is 0. The number of aromatic amines is 1. The lowest BCUT2D eigenvalue weighted by molar-refractivity contribution is -0.386. The molecule has 144 valence electrons. The van der Waals surface area contributed by atoms with E-state index in [1.807, 2.05) is 30.5 Å². The van der Waals surface area contributed by atoms with Gasteiger partial charge in [-0.2, -0.15) is 5.10 Å². The fourth-order valence-electron chi connectivity index (χ4n) is 2.80. The van der Waals surface area contributed by atoms with Crippen molar-refractivity contribution < 1.29 is 19.6 Å². The molecular weight excluding hydrogens is 364 g/mol. The van der Waals surface area contributed by atoms with Crippen LogP contribution in [-0.4, -0.2) is 34.2 Å². The Kier molecular flexibility index (Phi) is 5.54. The SMILES string of the molecule is COc1cc(/C=N/NC(=O)CCc2c[nH]c3ccccc23)cc([N+](=O)[O-])c1O. The largest absolute Gasteiger partial charge is 0.500 e. The van der Waals surface area contributed by atoms with Crippen molar-refractivity contribution in [1.82, 2.24) is 10.4 Å². The molecule has 0 radical (unpaired) electrons. The van der Waals surface area contributed by atoms with Gasteiger partial charge in [0.15, 0.2) is 5.75 Å². The summed E-state index contributed by atoms with van der Waals surface area (Å²) in [6, 6.07) is 10.3. The molecule has 0 saturated carbocycles. The Morgan fingerprint density at radius 3 is 2.93 bits per heavy atom. The van der Waals surface area contributed by atoms with Gasteiger partial charge in [0.2, 0.25) is 11.7 Å². The second-order valence-corrected chi connectivity index (χ2v) is 6.00. The number of phenolic OH excluding ortho intramolecular Hbond substituents is 1. The molecule has 3 rings (SSSR count). The molecule has 0 saturated heterocycles. The highest BCUT2D eigenvalue weighted by Gasteiger charge is 2.19. The number of fused-ring (bicyclic) bond motifs is 1. The maximum absolute atomic E-state index is 12.0. The van der Waals surface area contributed by atoms with Crippen LogP contribution < -0.4 is 10.2 Å². The number of carbonyl (C=O) groups excluding carboxylic acids is 1. The summed E-state index contributed by atoms with van der Waals surface area (Å²) in [6.07, 6.45) is 3.91. The number of aromatic hydroxyl groups is 1. The number of rotatable bonds is 7. The zero-order valence-corrected chi connectivity index (χ0v) is 15.0. The third kappa shape index (κ3) is 4.09. The van der Waals surface area contributed by atoms with E-state index in [-0.39, 0.29) is 18.1 Å². The molecule has 0 aliphatic rings. The third-order valence-electron chi connectivity index (χ3n) is 4.19. The normalized spacial score (nSPS) is 11.0. The summed E-state index contributed by atoms with van der Waals surface area (Å²) in [4.78, 5) is 25.4. The second kappa shape index (κ2) is 8.21. The van der Waals surface area contributed by atoms with Crippen molar-refractivity contribution in [2.75, 3.05) is 7.11 Å². The summed E-state index contributed by atoms with van der Waals surface area (Å²) in [5, 5.41) is 25.6. The smallest absolute Gasteiger partial charge is 0.315 e. The van der Waals surface area contributed by atoms with Crippen LogP contribution in [0.5, 0.6) is 11.5 Å². The maximum Gasteiger partial charge on any atom is 0.315 e. The quantitative estimate of drug-likeness (QED) is 0.329. The van der Waals surface area contributed by atoms with E-state index in [4.69, 9.17) is 4.74 Å². The first-order valence-corrected chi connectivity index (χ1v) is 8.42. The van der Waals surface area contributed by atoms with Gasteiger partial charge in [0.1, 0.15) is 0 Å². The highest BCUT2D eigenvalue weighted by molar-refractivity contribution is 5.86. The fraction of sp³-hybridized carbons (Fsp3) is 0.158. The molecule has 0 aliphatic carbocycles. The van der Waals surface area contributed by atoms with Crippen molar-refractivity contribution in [1.29, 1.82) is 0 Å². The molecule has 28 heavy (non-hydrogen) atoms. The van der Waals surface area contributed by atoms with Crippen molar-refractivity contribution in [3.8, 4) is 11.5 Å². The molecule has 0 aliphatic heterocycles. The Morgan fingerprint density at radius 1 is 1.39 bits per heavy atom. The zero-order valence-electron chi connectivity index (χ0n) is 15.0. The van der Waals surface area contributed by atoms with Crippen LogP contribution in [-0.2, 0) is 11.2 Å². The molecule has 1 heterocycles. The number of amides is 1. The number of hydrazone groups is 1. The van der Waals surface area contributed by atoms with Gasteiger partial charge in [0.05, 0.1) is 18.2 Å². The van der Waals surface area contributed by atoms with E-state index in [0.29, 0.717) is 12.0 Å². The molecule has 2 aromatic carbocycles. The van der Waals surface area contributed by atoms with E-state index in [1.54, 1.807) is 0 Å². The minimum absolute atomic E-state index is 0.0543. The van der Waals surface area contributed by atoms with Gasteiger partial charge < -0.3 is 14.8 Å². The molecule has 0 fully saturated rings. The van der Waals surface area contributed by atoms with Crippen LogP contribution in [0.2, 0.25) is 0 Å². The summed E-state index contributed by atoms with van der Waals surface area (Å²) in [7, 11) is 1.28. The number of aromatic nitrogens is 1. The van der Waals surface area contributed by atoms with Gasteiger partial charge >= 0.3 is 5.69 Å². The molecule has 3 N–H and O–H groups in total. The highest BCUT2D eigenvalue weighted by Crippen LogP contribution is 2.36. The minimum Gasteiger partial charge on any atom is -0.500 e. The average molecular weight is 382 g/mol. The van der Waals surface area contributed by atoms with Crippen LogP contribution in [0.4, 0.5) is 5.69 Å². The second-order valence-electron chi connectivity index (χ2n) is 6.00. The van der Waals surface area contributed by atoms with Gasteiger partial charge in [-0.1, -0.05) is 18.2 Å². The van der Waals surface area contributed by atoms with Crippen molar-refractivity contribution in [3.63, 3.8) is 0 Å². The highest BCUT2D eigenvalue weighted by atomic mass is 16.6. The number of nitro benzene ring substituents is 1. The van der Waals surface area contributed by atoms with Crippen LogP contribution >= 0.6 is 0 Å². The first-order chi connectivity index (χ1) is 13.5. The molecule has 0 atom stereocenters. The van der Waals surface area contributed by atoms with Crippen molar-refractivity contribution >= 4 is 28.7 Å². The molecule has 9 heteroatoms. The van der Waals surface area contributed by atoms with Crippen LogP contribution in [0.1, 0.15) is 17.5 Å². The summed E-state index contributed by atoms with van der Waals surface area (Å²) in [5.41, 5.74) is 4.23. The van der Waals surface area contributed by atoms with E-state index in [2.05, 4.69) is 15.5 Å². The van der Waals surface area contributed by atoms with E-state index < -0.39 is 16.4 Å². The van der Waals surface area contributed by atoms with Crippen molar-refractivity contribution in [3.05, 3.63) is 63.8 Å². The number of nitrogens with one attached hydrogen (secondary N) is 2. The first-order valence-electron chi connectivity index (χ1n) is 8.42. The Morgan fingerprint density at radius 2 is 2.18 bits per heavy atom. The fourth-order valence-corrected chi connectivity index (χ4v) is 2.80. The van der Waals surface area contributed by atoms with Crippen LogP contribution in [0.15, 0.2) is 47.7 Å². The van der Waals surface area contributed by atoms with Crippen molar-refractivity contribution in [2.45, 2.75) is 12.8 Å². The molecular formula is C19H18N4O5. The maximum atomic E-state index is 12.0. The Balaban J connectivity index is 1.62. The average Bonchev–Trinajstić information content (AvgIpc) is 3.10. The lowest BCUT2D eigenvalue weighted by Gasteiger charge is -2.05. The number of para-hydroxylation sites is 1. The number of phenols is 1. The number of nitro groups is 1. The van der Waals surface area contributed by atoms with E-state index >= 15 is 0 Å². The molecule has 0 bridgehead atoms. The number of benzene rings is 2. The monoisotopic (exact) mass is 382 g/mol. The first kappa shape index (κ1) is 18.9. The van der Waals surface area contributed by atoms with Gasteiger partial charge in [0.25, 0.3) is 0 Å². The van der Waals surface area contributed by atoms with E-state index in [1.165, 1.54) is 19.4 Å². The van der Waals surface area contributed by atoms with E-state index in [0.717, 1.165) is 22.5 Å². The molecule has 3 aromatic rings. The number of hydrogen-bond acceptors (Lipinski definition) is 6. The summed E-state index contributed by atoms with van der Waals surface area (Å²) in [6.45, 7) is 0. The number of nitrogens with zero attached hydrogens (tertiary/aromatic N) is 2.